The number of nitrogens with zero attached hydrogens (tertiary/aromatic N) is 6. The first-order valence-electron chi connectivity index (χ1n) is 6.57. The number of aromatic nitrogens is 2. The number of piperidine rings is 1. The van der Waals surface area contributed by atoms with Crippen LogP contribution in [0.3, 0.4) is 0 Å². The van der Waals surface area contributed by atoms with Crippen molar-refractivity contribution in [1.82, 2.24) is 13.9 Å². The van der Waals surface area contributed by atoms with E-state index in [4.69, 9.17) is 5.53 Å². The topological polar surface area (TPSA) is 104 Å². The normalized spacial score (nSPS) is 20.6. The average molecular weight is 298 g/mol. The molecule has 0 aliphatic carbocycles. The standard InChI is InChI=1S/C11H18N6O2S/c1-3-16-8-11(13-9(16)2)20(18,19)17-6-4-5-10(7-17)14-15-12/h8,10H,3-7H2,1-2H3. The third-order valence-corrected chi connectivity index (χ3v) is 5.21. The fourth-order valence-electron chi connectivity index (χ4n) is 2.36. The van der Waals surface area contributed by atoms with Crippen molar-refractivity contribution in [3.05, 3.63) is 22.5 Å². The molecule has 1 aliphatic rings. The Hall–Kier alpha value is -1.57. The highest BCUT2D eigenvalue weighted by molar-refractivity contribution is 7.89. The molecule has 2 heterocycles. The molecule has 110 valence electrons. The molecule has 20 heavy (non-hydrogen) atoms. The van der Waals surface area contributed by atoms with Crippen LogP contribution in [0.4, 0.5) is 0 Å². The molecule has 1 aliphatic heterocycles. The molecule has 8 nitrogen and oxygen atoms in total. The highest BCUT2D eigenvalue weighted by atomic mass is 32.2. The molecule has 0 radical (unpaired) electrons. The van der Waals surface area contributed by atoms with Crippen molar-refractivity contribution in [3.63, 3.8) is 0 Å². The Kier molecular flexibility index (Phi) is 4.32. The summed E-state index contributed by atoms with van der Waals surface area (Å²) in [5, 5.41) is 3.70. The van der Waals surface area contributed by atoms with Gasteiger partial charge in [0.25, 0.3) is 10.0 Å². The van der Waals surface area contributed by atoms with Gasteiger partial charge in [0.2, 0.25) is 0 Å². The maximum absolute atomic E-state index is 12.5. The zero-order valence-electron chi connectivity index (χ0n) is 11.6. The predicted molar refractivity (Wildman–Crippen MR) is 73.6 cm³/mol. The number of rotatable bonds is 4. The first-order chi connectivity index (χ1) is 9.48. The second-order valence-corrected chi connectivity index (χ2v) is 6.66. The lowest BCUT2D eigenvalue weighted by atomic mass is 10.1. The Morgan fingerprint density at radius 3 is 2.95 bits per heavy atom. The van der Waals surface area contributed by atoms with Crippen LogP contribution in [0, 0.1) is 6.92 Å². The summed E-state index contributed by atoms with van der Waals surface area (Å²) in [4.78, 5) is 6.89. The van der Waals surface area contributed by atoms with E-state index in [0.717, 1.165) is 6.42 Å². The molecule has 0 saturated carbocycles. The average Bonchev–Trinajstić information content (AvgIpc) is 2.81. The van der Waals surface area contributed by atoms with Crippen molar-refractivity contribution >= 4 is 10.0 Å². The van der Waals surface area contributed by atoms with Gasteiger partial charge in [-0.25, -0.2) is 13.4 Å². The van der Waals surface area contributed by atoms with Crippen LogP contribution in [0.15, 0.2) is 16.3 Å². The lowest BCUT2D eigenvalue weighted by molar-refractivity contribution is 0.315. The molecular formula is C11H18N6O2S. The van der Waals surface area contributed by atoms with Gasteiger partial charge in [-0.05, 0) is 32.2 Å². The van der Waals surface area contributed by atoms with Crippen molar-refractivity contribution < 1.29 is 8.42 Å². The Morgan fingerprint density at radius 2 is 2.35 bits per heavy atom. The van der Waals surface area contributed by atoms with Crippen molar-refractivity contribution in [1.29, 1.82) is 0 Å². The van der Waals surface area contributed by atoms with Gasteiger partial charge in [0.05, 0.1) is 6.04 Å². The van der Waals surface area contributed by atoms with E-state index in [9.17, 15) is 8.42 Å². The minimum atomic E-state index is -3.61. The van der Waals surface area contributed by atoms with Gasteiger partial charge in [-0.15, -0.1) is 0 Å². The van der Waals surface area contributed by atoms with Gasteiger partial charge < -0.3 is 4.57 Å². The molecule has 0 bridgehead atoms. The lowest BCUT2D eigenvalue weighted by Crippen LogP contribution is -2.41. The highest BCUT2D eigenvalue weighted by Crippen LogP contribution is 2.21. The molecule has 1 saturated heterocycles. The summed E-state index contributed by atoms with van der Waals surface area (Å²) in [7, 11) is -3.61. The molecule has 9 heteroatoms. The maximum atomic E-state index is 12.5. The zero-order chi connectivity index (χ0) is 14.8. The van der Waals surface area contributed by atoms with E-state index in [1.807, 2.05) is 6.92 Å². The first-order valence-corrected chi connectivity index (χ1v) is 8.01. The lowest BCUT2D eigenvalue weighted by Gasteiger charge is -2.28. The van der Waals surface area contributed by atoms with Gasteiger partial charge in [-0.2, -0.15) is 4.31 Å². The van der Waals surface area contributed by atoms with Crippen LogP contribution in [0.25, 0.3) is 10.4 Å². The van der Waals surface area contributed by atoms with Crippen molar-refractivity contribution in [2.75, 3.05) is 13.1 Å². The smallest absolute Gasteiger partial charge is 0.262 e. The number of aryl methyl sites for hydroxylation is 2. The second kappa shape index (κ2) is 5.82. The van der Waals surface area contributed by atoms with Gasteiger partial charge in [0, 0.05) is 30.7 Å². The van der Waals surface area contributed by atoms with Crippen LogP contribution in [0.5, 0.6) is 0 Å². The second-order valence-electron chi connectivity index (χ2n) is 4.78. The van der Waals surface area contributed by atoms with Gasteiger partial charge in [0.1, 0.15) is 5.82 Å². The molecule has 0 amide bonds. The minimum Gasteiger partial charge on any atom is -0.334 e. The summed E-state index contributed by atoms with van der Waals surface area (Å²) in [6, 6.07) is -0.294. The monoisotopic (exact) mass is 298 g/mol. The third-order valence-electron chi connectivity index (χ3n) is 3.47. The van der Waals surface area contributed by atoms with Crippen molar-refractivity contribution in [2.24, 2.45) is 5.11 Å². The fourth-order valence-corrected chi connectivity index (χ4v) is 3.87. The summed E-state index contributed by atoms with van der Waals surface area (Å²) >= 11 is 0. The van der Waals surface area contributed by atoms with Crippen LogP contribution >= 0.6 is 0 Å². The van der Waals surface area contributed by atoms with Gasteiger partial charge in [-0.1, -0.05) is 5.11 Å². The van der Waals surface area contributed by atoms with Crippen molar-refractivity contribution in [3.8, 4) is 0 Å². The quantitative estimate of drug-likeness (QED) is 0.479. The van der Waals surface area contributed by atoms with E-state index in [1.165, 1.54) is 4.31 Å². The third kappa shape index (κ3) is 2.79. The molecule has 0 N–H and O–H groups in total. The van der Waals surface area contributed by atoms with E-state index in [2.05, 4.69) is 15.0 Å². The van der Waals surface area contributed by atoms with Gasteiger partial charge in [-0.3, -0.25) is 0 Å². The maximum Gasteiger partial charge on any atom is 0.262 e. The highest BCUT2D eigenvalue weighted by Gasteiger charge is 2.31. The SMILES string of the molecule is CCn1cc(S(=O)(=O)N2CCCC(N=[N+]=[N-])C2)nc1C. The molecular weight excluding hydrogens is 280 g/mol. The number of hydrogen-bond donors (Lipinski definition) is 0. The molecule has 1 atom stereocenters. The van der Waals surface area contributed by atoms with E-state index in [1.54, 1.807) is 17.7 Å². The Balaban J connectivity index is 2.27. The van der Waals surface area contributed by atoms with E-state index in [-0.39, 0.29) is 17.6 Å². The van der Waals surface area contributed by atoms with Crippen LogP contribution in [0.2, 0.25) is 0 Å². The Morgan fingerprint density at radius 1 is 1.60 bits per heavy atom. The number of azide groups is 1. The zero-order valence-corrected chi connectivity index (χ0v) is 12.4. The van der Waals surface area contributed by atoms with E-state index in [0.29, 0.717) is 25.3 Å². The van der Waals surface area contributed by atoms with Crippen LogP contribution < -0.4 is 0 Å². The molecule has 0 aromatic carbocycles. The molecule has 1 aromatic rings. The predicted octanol–water partition coefficient (Wildman–Crippen LogP) is 1.67. The number of sulfonamides is 1. The molecule has 1 aromatic heterocycles. The Labute approximate surface area is 118 Å². The van der Waals surface area contributed by atoms with Crippen LogP contribution in [0.1, 0.15) is 25.6 Å². The van der Waals surface area contributed by atoms with E-state index >= 15 is 0 Å². The largest absolute Gasteiger partial charge is 0.334 e. The summed E-state index contributed by atoms with van der Waals surface area (Å²) < 4.78 is 28.2. The first kappa shape index (κ1) is 14.8. The number of imidazole rings is 1. The molecule has 1 unspecified atom stereocenters. The summed E-state index contributed by atoms with van der Waals surface area (Å²) in [6.45, 7) is 5.06. The van der Waals surface area contributed by atoms with Crippen molar-refractivity contribution in [2.45, 2.75) is 44.3 Å². The summed E-state index contributed by atoms with van der Waals surface area (Å²) in [6.07, 6.45) is 2.97. The molecule has 2 rings (SSSR count). The van der Waals surface area contributed by atoms with Gasteiger partial charge in [0.15, 0.2) is 5.03 Å². The summed E-state index contributed by atoms with van der Waals surface area (Å²) in [5.74, 6) is 0.676. The fraction of sp³-hybridized carbons (Fsp3) is 0.727. The summed E-state index contributed by atoms with van der Waals surface area (Å²) in [5.41, 5.74) is 8.47. The van der Waals surface area contributed by atoms with Crippen LogP contribution in [-0.2, 0) is 16.6 Å². The number of hydrogen-bond acceptors (Lipinski definition) is 4. The van der Waals surface area contributed by atoms with Crippen LogP contribution in [-0.4, -0.2) is 41.4 Å². The molecule has 0 spiro atoms. The molecule has 1 fully saturated rings. The Bertz CT molecular complexity index is 631. The van der Waals surface area contributed by atoms with Gasteiger partial charge >= 0.3 is 0 Å². The minimum absolute atomic E-state index is 0.0680. The van der Waals surface area contributed by atoms with E-state index < -0.39 is 10.0 Å².